The molecule has 0 heterocycles. The summed E-state index contributed by atoms with van der Waals surface area (Å²) in [4.78, 5) is 13.1. The van der Waals surface area contributed by atoms with Gasteiger partial charge in [0, 0.05) is 13.1 Å². The molecule has 21 heavy (non-hydrogen) atoms. The van der Waals surface area contributed by atoms with Crippen LogP contribution in [0.2, 0.25) is 0 Å². The fourth-order valence-corrected chi connectivity index (χ4v) is 1.86. The van der Waals surface area contributed by atoms with E-state index in [4.69, 9.17) is 4.74 Å². The maximum Gasteiger partial charge on any atom is 0.416 e. The lowest BCUT2D eigenvalue weighted by atomic mass is 10.1. The van der Waals surface area contributed by atoms with E-state index in [0.29, 0.717) is 12.1 Å². The molecule has 0 spiro atoms. The third-order valence-electron chi connectivity index (χ3n) is 2.71. The van der Waals surface area contributed by atoms with Gasteiger partial charge in [-0.1, -0.05) is 24.3 Å². The summed E-state index contributed by atoms with van der Waals surface area (Å²) >= 11 is 0. The van der Waals surface area contributed by atoms with Gasteiger partial charge in [-0.05, 0) is 18.6 Å². The van der Waals surface area contributed by atoms with Crippen molar-refractivity contribution in [3.63, 3.8) is 0 Å². The SMILES string of the molecule is C=CCN(CC(=O)OCC)Cc1cccc(C(F)(F)F)c1. The summed E-state index contributed by atoms with van der Waals surface area (Å²) in [6, 6.07) is 5.05. The van der Waals surface area contributed by atoms with E-state index in [1.165, 1.54) is 6.07 Å². The first-order valence-electron chi connectivity index (χ1n) is 6.51. The van der Waals surface area contributed by atoms with Gasteiger partial charge in [-0.15, -0.1) is 6.58 Å². The minimum atomic E-state index is -4.37. The summed E-state index contributed by atoms with van der Waals surface area (Å²) in [6.07, 6.45) is -2.78. The Balaban J connectivity index is 2.79. The highest BCUT2D eigenvalue weighted by Gasteiger charge is 2.30. The van der Waals surface area contributed by atoms with E-state index in [-0.39, 0.29) is 19.7 Å². The zero-order valence-corrected chi connectivity index (χ0v) is 11.8. The van der Waals surface area contributed by atoms with Crippen molar-refractivity contribution in [3.8, 4) is 0 Å². The van der Waals surface area contributed by atoms with Crippen LogP contribution >= 0.6 is 0 Å². The Morgan fingerprint density at radius 3 is 2.71 bits per heavy atom. The first-order valence-corrected chi connectivity index (χ1v) is 6.51. The summed E-state index contributed by atoms with van der Waals surface area (Å²) < 4.78 is 42.8. The average molecular weight is 301 g/mol. The average Bonchev–Trinajstić information content (AvgIpc) is 2.38. The molecule has 0 aliphatic carbocycles. The number of carbonyl (C=O) groups excluding carboxylic acids is 1. The maximum absolute atomic E-state index is 12.7. The van der Waals surface area contributed by atoms with Crippen molar-refractivity contribution in [2.24, 2.45) is 0 Å². The molecule has 0 unspecified atom stereocenters. The number of rotatable bonds is 7. The zero-order valence-electron chi connectivity index (χ0n) is 11.8. The number of halogens is 3. The van der Waals surface area contributed by atoms with Crippen molar-refractivity contribution in [3.05, 3.63) is 48.0 Å². The number of nitrogens with zero attached hydrogens (tertiary/aromatic N) is 1. The fourth-order valence-electron chi connectivity index (χ4n) is 1.86. The highest BCUT2D eigenvalue weighted by molar-refractivity contribution is 5.71. The monoisotopic (exact) mass is 301 g/mol. The zero-order chi connectivity index (χ0) is 15.9. The van der Waals surface area contributed by atoms with Crippen LogP contribution in [0.3, 0.4) is 0 Å². The Morgan fingerprint density at radius 1 is 1.43 bits per heavy atom. The van der Waals surface area contributed by atoms with Gasteiger partial charge < -0.3 is 4.74 Å². The second-order valence-electron chi connectivity index (χ2n) is 4.46. The molecule has 6 heteroatoms. The van der Waals surface area contributed by atoms with Gasteiger partial charge in [-0.25, -0.2) is 0 Å². The molecule has 1 aromatic rings. The van der Waals surface area contributed by atoms with Gasteiger partial charge in [0.05, 0.1) is 18.7 Å². The number of carbonyl (C=O) groups is 1. The minimum Gasteiger partial charge on any atom is -0.465 e. The van der Waals surface area contributed by atoms with Gasteiger partial charge in [-0.2, -0.15) is 13.2 Å². The van der Waals surface area contributed by atoms with E-state index in [1.807, 2.05) is 0 Å². The smallest absolute Gasteiger partial charge is 0.416 e. The Bertz CT molecular complexity index is 486. The number of ether oxygens (including phenoxy) is 1. The van der Waals surface area contributed by atoms with Crippen LogP contribution in [0.15, 0.2) is 36.9 Å². The molecule has 0 aliphatic heterocycles. The molecular weight excluding hydrogens is 283 g/mol. The molecule has 0 aliphatic rings. The lowest BCUT2D eigenvalue weighted by molar-refractivity contribution is -0.144. The highest BCUT2D eigenvalue weighted by atomic mass is 19.4. The van der Waals surface area contributed by atoms with Gasteiger partial charge in [0.15, 0.2) is 0 Å². The predicted octanol–water partition coefficient (Wildman–Crippen LogP) is 3.26. The molecule has 0 atom stereocenters. The summed E-state index contributed by atoms with van der Waals surface area (Å²) in [7, 11) is 0. The standard InChI is InChI=1S/C15H18F3NO2/c1-3-8-19(11-14(20)21-4-2)10-12-6-5-7-13(9-12)15(16,17)18/h3,5-7,9H,1,4,8,10-11H2,2H3. The molecule has 0 saturated heterocycles. The Morgan fingerprint density at radius 2 is 2.14 bits per heavy atom. The van der Waals surface area contributed by atoms with E-state index >= 15 is 0 Å². The van der Waals surface area contributed by atoms with Crippen LogP contribution in [-0.2, 0) is 22.3 Å². The Hall–Kier alpha value is -1.82. The number of hydrogen-bond acceptors (Lipinski definition) is 3. The Labute approximate surface area is 122 Å². The molecule has 0 N–H and O–H groups in total. The van der Waals surface area contributed by atoms with Crippen LogP contribution in [0, 0.1) is 0 Å². The number of benzene rings is 1. The largest absolute Gasteiger partial charge is 0.465 e. The number of hydrogen-bond donors (Lipinski definition) is 0. The van der Waals surface area contributed by atoms with E-state index < -0.39 is 17.7 Å². The normalized spacial score (nSPS) is 11.5. The van der Waals surface area contributed by atoms with E-state index in [9.17, 15) is 18.0 Å². The van der Waals surface area contributed by atoms with Crippen molar-refractivity contribution < 1.29 is 22.7 Å². The van der Waals surface area contributed by atoms with Gasteiger partial charge in [0.2, 0.25) is 0 Å². The molecular formula is C15H18F3NO2. The third kappa shape index (κ3) is 5.99. The number of alkyl halides is 3. The first-order chi connectivity index (χ1) is 9.86. The van der Waals surface area contributed by atoms with Gasteiger partial charge >= 0.3 is 12.1 Å². The van der Waals surface area contributed by atoms with Crippen LogP contribution in [0.25, 0.3) is 0 Å². The van der Waals surface area contributed by atoms with E-state index in [1.54, 1.807) is 24.0 Å². The molecule has 0 bridgehead atoms. The molecule has 1 aromatic carbocycles. The number of esters is 1. The van der Waals surface area contributed by atoms with Crippen LogP contribution in [0.4, 0.5) is 13.2 Å². The van der Waals surface area contributed by atoms with Gasteiger partial charge in [0.1, 0.15) is 0 Å². The molecule has 1 rings (SSSR count). The van der Waals surface area contributed by atoms with Crippen LogP contribution in [0.1, 0.15) is 18.1 Å². The maximum atomic E-state index is 12.7. The second-order valence-corrected chi connectivity index (χ2v) is 4.46. The molecule has 0 amide bonds. The van der Waals surface area contributed by atoms with Gasteiger partial charge in [0.25, 0.3) is 0 Å². The summed E-state index contributed by atoms with van der Waals surface area (Å²) in [5.74, 6) is -0.411. The summed E-state index contributed by atoms with van der Waals surface area (Å²) in [6.45, 7) is 6.15. The van der Waals surface area contributed by atoms with E-state index in [0.717, 1.165) is 12.1 Å². The minimum absolute atomic E-state index is 0.0100. The third-order valence-corrected chi connectivity index (χ3v) is 2.71. The summed E-state index contributed by atoms with van der Waals surface area (Å²) in [5, 5.41) is 0. The first kappa shape index (κ1) is 17.2. The predicted molar refractivity (Wildman–Crippen MR) is 73.6 cm³/mol. The topological polar surface area (TPSA) is 29.5 Å². The molecule has 116 valence electrons. The molecule has 0 fully saturated rings. The highest BCUT2D eigenvalue weighted by Crippen LogP contribution is 2.29. The fraction of sp³-hybridized carbons (Fsp3) is 0.400. The van der Waals surface area contributed by atoms with Crippen molar-refractivity contribution in [2.75, 3.05) is 19.7 Å². The van der Waals surface area contributed by atoms with E-state index in [2.05, 4.69) is 6.58 Å². The Kier molecular flexibility index (Phi) is 6.42. The summed E-state index contributed by atoms with van der Waals surface area (Å²) in [5.41, 5.74) is -0.217. The van der Waals surface area contributed by atoms with Crippen molar-refractivity contribution in [2.45, 2.75) is 19.6 Å². The second kappa shape index (κ2) is 7.83. The van der Waals surface area contributed by atoms with Crippen LogP contribution in [0.5, 0.6) is 0 Å². The molecule has 0 saturated carbocycles. The quantitative estimate of drug-likeness (QED) is 0.572. The molecule has 0 aromatic heterocycles. The van der Waals surface area contributed by atoms with Crippen molar-refractivity contribution >= 4 is 5.97 Å². The lowest BCUT2D eigenvalue weighted by Gasteiger charge is -2.20. The van der Waals surface area contributed by atoms with Crippen molar-refractivity contribution in [1.29, 1.82) is 0 Å². The van der Waals surface area contributed by atoms with Crippen LogP contribution in [-0.4, -0.2) is 30.6 Å². The van der Waals surface area contributed by atoms with Crippen LogP contribution < -0.4 is 0 Å². The molecule has 0 radical (unpaired) electrons. The lowest BCUT2D eigenvalue weighted by Crippen LogP contribution is -2.31. The van der Waals surface area contributed by atoms with Crippen molar-refractivity contribution in [1.82, 2.24) is 4.90 Å². The molecule has 3 nitrogen and oxygen atoms in total. The van der Waals surface area contributed by atoms with Gasteiger partial charge in [-0.3, -0.25) is 9.69 Å².